The molecule has 1 heterocycles. The molecule has 7 N–H and O–H groups in total. The molecule has 0 aliphatic heterocycles. The first-order valence-corrected chi connectivity index (χ1v) is 12.1. The summed E-state index contributed by atoms with van der Waals surface area (Å²) in [5.74, 6) is -5.20. The fraction of sp³-hybridized carbons (Fsp3) is 0.222. The number of esters is 1. The van der Waals surface area contributed by atoms with Gasteiger partial charge in [0.1, 0.15) is 17.3 Å². The number of hydrogen-bond acceptors (Lipinski definition) is 9. The van der Waals surface area contributed by atoms with Gasteiger partial charge in [-0.3, -0.25) is 24.6 Å². The van der Waals surface area contributed by atoms with E-state index in [4.69, 9.17) is 31.1 Å². The molecular formula is C27H30N6O7. The first kappa shape index (κ1) is 29.4. The van der Waals surface area contributed by atoms with E-state index in [0.717, 1.165) is 11.5 Å². The highest BCUT2D eigenvalue weighted by Crippen LogP contribution is 2.24. The number of amides is 2. The van der Waals surface area contributed by atoms with Crippen molar-refractivity contribution in [3.8, 4) is 5.75 Å². The molecule has 0 saturated heterocycles. The Bertz CT molecular complexity index is 1460. The number of nitrogens with zero attached hydrogens (tertiary/aromatic N) is 1. The fourth-order valence-electron chi connectivity index (χ4n) is 3.70. The van der Waals surface area contributed by atoms with Gasteiger partial charge in [0.2, 0.25) is 0 Å². The number of pyridine rings is 1. The van der Waals surface area contributed by atoms with E-state index < -0.39 is 35.9 Å². The van der Waals surface area contributed by atoms with Crippen LogP contribution in [0, 0.1) is 5.41 Å². The normalized spacial score (nSPS) is 12.1. The van der Waals surface area contributed by atoms with Crippen molar-refractivity contribution in [2.75, 3.05) is 18.5 Å². The van der Waals surface area contributed by atoms with Crippen molar-refractivity contribution < 1.29 is 28.6 Å². The lowest BCUT2D eigenvalue weighted by molar-refractivity contribution is -0.264. The van der Waals surface area contributed by atoms with Crippen LogP contribution in [0.15, 0.2) is 71.7 Å². The number of nitrogens with one attached hydrogen (secondary N) is 3. The lowest BCUT2D eigenvalue weighted by Crippen LogP contribution is -2.56. The molecule has 0 aliphatic rings. The highest BCUT2D eigenvalue weighted by Gasteiger charge is 2.47. The van der Waals surface area contributed by atoms with Gasteiger partial charge < -0.3 is 36.3 Å². The number of aromatic nitrogens is 1. The fourth-order valence-corrected chi connectivity index (χ4v) is 3.70. The summed E-state index contributed by atoms with van der Waals surface area (Å²) in [6.07, 6.45) is 1.26. The number of rotatable bonds is 13. The molecule has 1 unspecified atom stereocenters. The minimum absolute atomic E-state index is 0.0969. The van der Waals surface area contributed by atoms with E-state index in [1.165, 1.54) is 36.5 Å². The number of amidine groups is 1. The number of primary amides is 1. The summed E-state index contributed by atoms with van der Waals surface area (Å²) in [4.78, 5) is 50.6. The number of carbonyl (C=O) groups is 3. The number of para-hydroxylation sites is 1. The number of nitrogens with two attached hydrogens (primary N) is 2. The Morgan fingerprint density at radius 2 is 1.77 bits per heavy atom. The van der Waals surface area contributed by atoms with Crippen LogP contribution < -0.4 is 32.4 Å². The maximum absolute atomic E-state index is 13.7. The van der Waals surface area contributed by atoms with E-state index in [2.05, 4.69) is 10.6 Å². The van der Waals surface area contributed by atoms with E-state index in [-0.39, 0.29) is 30.4 Å². The zero-order chi connectivity index (χ0) is 29.3. The lowest BCUT2D eigenvalue weighted by Gasteiger charge is -2.32. The van der Waals surface area contributed by atoms with Gasteiger partial charge in [0.15, 0.2) is 6.61 Å². The summed E-state index contributed by atoms with van der Waals surface area (Å²) in [6, 6.07) is 16.3. The molecule has 0 aliphatic carbocycles. The predicted molar refractivity (Wildman–Crippen MR) is 146 cm³/mol. The third-order valence-corrected chi connectivity index (χ3v) is 5.41. The third kappa shape index (κ3) is 7.02. The van der Waals surface area contributed by atoms with Gasteiger partial charge in [0.25, 0.3) is 11.5 Å². The quantitative estimate of drug-likeness (QED) is 0.0899. The van der Waals surface area contributed by atoms with Gasteiger partial charge in [0.05, 0.1) is 6.61 Å². The monoisotopic (exact) mass is 550 g/mol. The van der Waals surface area contributed by atoms with Crippen LogP contribution in [0.2, 0.25) is 0 Å². The van der Waals surface area contributed by atoms with E-state index >= 15 is 0 Å². The molecule has 1 aromatic heterocycles. The van der Waals surface area contributed by atoms with Crippen LogP contribution in [-0.4, -0.2) is 41.4 Å². The van der Waals surface area contributed by atoms with Crippen molar-refractivity contribution in [3.05, 3.63) is 88.3 Å². The minimum atomic E-state index is -2.50. The molecule has 13 nitrogen and oxygen atoms in total. The smallest absolute Gasteiger partial charge is 0.387 e. The second-order valence-electron chi connectivity index (χ2n) is 8.37. The maximum atomic E-state index is 13.7. The first-order chi connectivity index (χ1) is 19.1. The average Bonchev–Trinajstić information content (AvgIpc) is 2.91. The Hall–Kier alpha value is -5.17. The van der Waals surface area contributed by atoms with Crippen LogP contribution in [0.4, 0.5) is 11.4 Å². The van der Waals surface area contributed by atoms with Crippen LogP contribution in [0.1, 0.15) is 25.0 Å². The predicted octanol–water partition coefficient (Wildman–Crippen LogP) is 1.27. The zero-order valence-corrected chi connectivity index (χ0v) is 21.9. The highest BCUT2D eigenvalue weighted by molar-refractivity contribution is 5.95. The first-order valence-electron chi connectivity index (χ1n) is 12.1. The van der Waals surface area contributed by atoms with Crippen molar-refractivity contribution >= 4 is 35.0 Å². The summed E-state index contributed by atoms with van der Waals surface area (Å²) in [7, 11) is 0. The Balaban J connectivity index is 2.00. The second-order valence-corrected chi connectivity index (χ2v) is 8.37. The maximum Gasteiger partial charge on any atom is 0.387 e. The molecule has 3 rings (SSSR count). The number of ether oxygens (including phenoxy) is 3. The van der Waals surface area contributed by atoms with Gasteiger partial charge in [-0.2, -0.15) is 0 Å². The van der Waals surface area contributed by atoms with Gasteiger partial charge >= 0.3 is 17.8 Å². The second kappa shape index (κ2) is 13.1. The average molecular weight is 551 g/mol. The number of benzene rings is 2. The van der Waals surface area contributed by atoms with Crippen molar-refractivity contribution in [3.63, 3.8) is 0 Å². The molecule has 0 spiro atoms. The van der Waals surface area contributed by atoms with E-state index in [1.54, 1.807) is 31.2 Å². The number of anilines is 2. The summed E-state index contributed by atoms with van der Waals surface area (Å²) in [5, 5.41) is 13.2. The van der Waals surface area contributed by atoms with Crippen molar-refractivity contribution in [1.29, 1.82) is 5.41 Å². The number of hydrogen-bond donors (Lipinski definition) is 5. The minimum Gasteiger partial charge on any atom is -0.483 e. The van der Waals surface area contributed by atoms with Gasteiger partial charge in [0, 0.05) is 36.5 Å². The van der Waals surface area contributed by atoms with Gasteiger partial charge in [-0.15, -0.1) is 0 Å². The van der Waals surface area contributed by atoms with Crippen LogP contribution in [0.5, 0.6) is 5.75 Å². The topological polar surface area (TPSA) is 201 Å². The van der Waals surface area contributed by atoms with Crippen molar-refractivity contribution in [1.82, 2.24) is 9.88 Å². The van der Waals surface area contributed by atoms with Gasteiger partial charge in [-0.25, -0.2) is 4.57 Å². The molecule has 2 amide bonds. The van der Waals surface area contributed by atoms with Crippen LogP contribution in [-0.2, 0) is 36.3 Å². The van der Waals surface area contributed by atoms with Gasteiger partial charge in [-0.05, 0) is 37.3 Å². The molecule has 0 bridgehead atoms. The Kier molecular flexibility index (Phi) is 9.60. The van der Waals surface area contributed by atoms with Crippen LogP contribution in [0.3, 0.4) is 0 Å². The summed E-state index contributed by atoms with van der Waals surface area (Å²) >= 11 is 0. The molecule has 0 fully saturated rings. The molecule has 0 saturated carbocycles. The Labute approximate surface area is 229 Å². The third-order valence-electron chi connectivity index (χ3n) is 5.41. The largest absolute Gasteiger partial charge is 0.483 e. The van der Waals surface area contributed by atoms with Crippen LogP contribution >= 0.6 is 0 Å². The number of carbonyl (C=O) groups excluding carboxylic acids is 3. The molecule has 3 aromatic rings. The molecular weight excluding hydrogens is 520 g/mol. The molecule has 0 radical (unpaired) electrons. The Morgan fingerprint density at radius 1 is 1.05 bits per heavy atom. The Morgan fingerprint density at radius 3 is 2.40 bits per heavy atom. The van der Waals surface area contributed by atoms with E-state index in [9.17, 15) is 19.2 Å². The number of nitrogen functional groups attached to an aromatic ring is 1. The van der Waals surface area contributed by atoms with Crippen molar-refractivity contribution in [2.24, 2.45) is 11.5 Å². The summed E-state index contributed by atoms with van der Waals surface area (Å²) in [6.45, 7) is 1.87. The molecule has 210 valence electrons. The lowest BCUT2D eigenvalue weighted by atomic mass is 10.1. The standard InChI is InChI=1S/C27H30N6O7/c1-3-39-27(40-17(2)34,33-13-7-10-21(25(33)36)32-20-8-5-4-6-9-20)26(37)31-15-19-12-11-18(24(29)30)14-22(19)38-16-23(28)35/h4-14,32H,3,15-16H2,1-2H3,(H2,28,35)(H3,29,30)(H,31,37). The molecule has 1 atom stereocenters. The van der Waals surface area contributed by atoms with Gasteiger partial charge in [-0.1, -0.05) is 30.3 Å². The molecule has 40 heavy (non-hydrogen) atoms. The van der Waals surface area contributed by atoms with Crippen molar-refractivity contribution in [2.45, 2.75) is 26.3 Å². The zero-order valence-electron chi connectivity index (χ0n) is 21.9. The summed E-state index contributed by atoms with van der Waals surface area (Å²) < 4.78 is 17.4. The SMILES string of the molecule is CCOC(OC(C)=O)(C(=O)NCc1ccc(C(=N)N)cc1OCC(N)=O)n1cccc(Nc2ccccc2)c1=O. The molecule has 13 heteroatoms. The highest BCUT2D eigenvalue weighted by atomic mass is 16.7. The van der Waals surface area contributed by atoms with E-state index in [0.29, 0.717) is 16.8 Å². The summed E-state index contributed by atoms with van der Waals surface area (Å²) in [5.41, 5.74) is 11.4. The molecule has 2 aromatic carbocycles. The van der Waals surface area contributed by atoms with Crippen LogP contribution in [0.25, 0.3) is 0 Å². The van der Waals surface area contributed by atoms with E-state index in [1.807, 2.05) is 6.07 Å².